The average Bonchev–Trinajstić information content (AvgIpc) is 2.43. The topological polar surface area (TPSA) is 44.7 Å². The van der Waals surface area contributed by atoms with Crippen molar-refractivity contribution < 1.29 is 9.84 Å². The molecule has 2 unspecified atom stereocenters. The Morgan fingerprint density at radius 1 is 1.40 bits per heavy atom. The number of nitrogens with zero attached hydrogens (tertiary/aromatic N) is 1. The zero-order valence-electron chi connectivity index (χ0n) is 13.0. The molecular formula is C15H26N2O2S. The number of aliphatic hydroxyl groups is 1. The van der Waals surface area contributed by atoms with Crippen molar-refractivity contribution in [2.45, 2.75) is 24.0 Å². The van der Waals surface area contributed by atoms with Gasteiger partial charge in [0.25, 0.3) is 0 Å². The average molecular weight is 298 g/mol. The van der Waals surface area contributed by atoms with E-state index in [2.05, 4.69) is 30.4 Å². The van der Waals surface area contributed by atoms with Crippen molar-refractivity contribution in [1.29, 1.82) is 0 Å². The molecule has 0 aromatic heterocycles. The summed E-state index contributed by atoms with van der Waals surface area (Å²) in [5.74, 6) is 0.900. The molecule has 0 spiro atoms. The summed E-state index contributed by atoms with van der Waals surface area (Å²) in [5, 5.41) is 13.2. The number of benzene rings is 1. The van der Waals surface area contributed by atoms with Crippen molar-refractivity contribution in [2.75, 3.05) is 40.6 Å². The fourth-order valence-corrected chi connectivity index (χ4v) is 2.59. The molecule has 0 aliphatic carbocycles. The monoisotopic (exact) mass is 298 g/mol. The molecule has 0 radical (unpaired) electrons. The van der Waals surface area contributed by atoms with E-state index < -0.39 is 0 Å². The van der Waals surface area contributed by atoms with Crippen LogP contribution in [0.2, 0.25) is 0 Å². The molecule has 1 aromatic carbocycles. The maximum atomic E-state index is 9.87. The number of likely N-dealkylation sites (N-methyl/N-ethyl adjacent to an activating group) is 1. The number of rotatable bonds is 8. The Balaban J connectivity index is 2.61. The predicted molar refractivity (Wildman–Crippen MR) is 85.8 cm³/mol. The lowest BCUT2D eigenvalue weighted by Gasteiger charge is -2.20. The van der Waals surface area contributed by atoms with Crippen molar-refractivity contribution in [3.05, 3.63) is 23.8 Å². The molecular weight excluding hydrogens is 272 g/mol. The van der Waals surface area contributed by atoms with E-state index in [0.717, 1.165) is 16.2 Å². The molecule has 0 aliphatic heterocycles. The first-order valence-electron chi connectivity index (χ1n) is 6.76. The Kier molecular flexibility index (Phi) is 7.37. The highest BCUT2D eigenvalue weighted by Gasteiger charge is 2.11. The number of hydrogen-bond acceptors (Lipinski definition) is 5. The van der Waals surface area contributed by atoms with Crippen LogP contribution in [0.3, 0.4) is 0 Å². The molecule has 0 heterocycles. The lowest BCUT2D eigenvalue weighted by Crippen LogP contribution is -2.36. The van der Waals surface area contributed by atoms with E-state index in [1.807, 2.05) is 25.3 Å². The fourth-order valence-electron chi connectivity index (χ4n) is 2.04. The zero-order chi connectivity index (χ0) is 15.1. The summed E-state index contributed by atoms with van der Waals surface area (Å²) in [5.41, 5.74) is 1.16. The molecule has 0 fully saturated rings. The smallest absolute Gasteiger partial charge is 0.132 e. The lowest BCUT2D eigenvalue weighted by atomic mass is 10.1. The molecule has 2 N–H and O–H groups in total. The van der Waals surface area contributed by atoms with Gasteiger partial charge in [0, 0.05) is 24.0 Å². The zero-order valence-corrected chi connectivity index (χ0v) is 13.8. The van der Waals surface area contributed by atoms with Crippen LogP contribution in [0.15, 0.2) is 23.1 Å². The third-order valence-corrected chi connectivity index (χ3v) is 3.92. The largest absolute Gasteiger partial charge is 0.496 e. The third kappa shape index (κ3) is 5.32. The maximum Gasteiger partial charge on any atom is 0.132 e. The molecule has 2 atom stereocenters. The minimum atomic E-state index is -0.361. The second-order valence-electron chi connectivity index (χ2n) is 5.16. The summed E-state index contributed by atoms with van der Waals surface area (Å²) in [4.78, 5) is 3.11. The van der Waals surface area contributed by atoms with Gasteiger partial charge in [0.1, 0.15) is 5.75 Å². The van der Waals surface area contributed by atoms with E-state index in [1.165, 1.54) is 0 Å². The van der Waals surface area contributed by atoms with Gasteiger partial charge in [-0.25, -0.2) is 0 Å². The van der Waals surface area contributed by atoms with Gasteiger partial charge in [-0.1, -0.05) is 6.07 Å². The Hall–Kier alpha value is -0.750. The summed E-state index contributed by atoms with van der Waals surface area (Å²) >= 11 is 1.67. The summed E-state index contributed by atoms with van der Waals surface area (Å²) in [6.45, 7) is 3.33. The van der Waals surface area contributed by atoms with Gasteiger partial charge in [-0.2, -0.15) is 0 Å². The van der Waals surface area contributed by atoms with E-state index in [1.54, 1.807) is 18.9 Å². The molecule has 0 aliphatic rings. The molecule has 5 heteroatoms. The van der Waals surface area contributed by atoms with E-state index in [0.29, 0.717) is 13.1 Å². The van der Waals surface area contributed by atoms with E-state index >= 15 is 0 Å². The molecule has 4 nitrogen and oxygen atoms in total. The number of methoxy groups -OCH3 is 1. The van der Waals surface area contributed by atoms with Crippen LogP contribution in [-0.2, 0) is 0 Å². The van der Waals surface area contributed by atoms with Crippen LogP contribution in [0.1, 0.15) is 18.5 Å². The molecule has 0 bridgehead atoms. The van der Waals surface area contributed by atoms with Crippen LogP contribution < -0.4 is 10.1 Å². The Labute approximate surface area is 126 Å². The molecule has 0 saturated carbocycles. The minimum absolute atomic E-state index is 0.177. The van der Waals surface area contributed by atoms with Crippen LogP contribution >= 0.6 is 11.8 Å². The van der Waals surface area contributed by atoms with Crippen LogP contribution in [0, 0.1) is 0 Å². The van der Waals surface area contributed by atoms with Crippen molar-refractivity contribution in [1.82, 2.24) is 10.2 Å². The van der Waals surface area contributed by atoms with E-state index in [4.69, 9.17) is 4.74 Å². The molecule has 114 valence electrons. The third-order valence-electron chi connectivity index (χ3n) is 3.14. The number of aliphatic hydroxyl groups excluding tert-OH is 1. The Morgan fingerprint density at radius 3 is 2.65 bits per heavy atom. The van der Waals surface area contributed by atoms with Crippen molar-refractivity contribution in [3.63, 3.8) is 0 Å². The summed E-state index contributed by atoms with van der Waals surface area (Å²) in [6.07, 6.45) is 1.68. The first-order valence-corrected chi connectivity index (χ1v) is 7.98. The first-order chi connectivity index (χ1) is 9.47. The highest BCUT2D eigenvalue weighted by Crippen LogP contribution is 2.30. The highest BCUT2D eigenvalue weighted by atomic mass is 32.2. The lowest BCUT2D eigenvalue weighted by molar-refractivity contribution is 0.132. The summed E-state index contributed by atoms with van der Waals surface area (Å²) in [7, 11) is 5.61. The quantitative estimate of drug-likeness (QED) is 0.719. The van der Waals surface area contributed by atoms with Gasteiger partial charge in [-0.3, -0.25) is 0 Å². The molecule has 20 heavy (non-hydrogen) atoms. The Bertz CT molecular complexity index is 413. The SMILES string of the molecule is COc1cc(C(C)NCC(O)CN(C)C)ccc1SC. The van der Waals surface area contributed by atoms with Gasteiger partial charge in [0.05, 0.1) is 13.2 Å². The van der Waals surface area contributed by atoms with Gasteiger partial charge in [-0.15, -0.1) is 11.8 Å². The van der Waals surface area contributed by atoms with Gasteiger partial charge >= 0.3 is 0 Å². The number of ether oxygens (including phenoxy) is 1. The fraction of sp³-hybridized carbons (Fsp3) is 0.600. The van der Waals surface area contributed by atoms with Crippen LogP contribution in [0.4, 0.5) is 0 Å². The second-order valence-corrected chi connectivity index (χ2v) is 6.01. The van der Waals surface area contributed by atoms with Crippen molar-refractivity contribution in [2.24, 2.45) is 0 Å². The van der Waals surface area contributed by atoms with E-state index in [9.17, 15) is 5.11 Å². The molecule has 1 rings (SSSR count). The van der Waals surface area contributed by atoms with Gasteiger partial charge in [-0.05, 0) is 45.0 Å². The Morgan fingerprint density at radius 2 is 2.10 bits per heavy atom. The van der Waals surface area contributed by atoms with Gasteiger partial charge < -0.3 is 20.1 Å². The number of thioether (sulfide) groups is 1. The second kappa shape index (κ2) is 8.52. The van der Waals surface area contributed by atoms with Crippen molar-refractivity contribution in [3.8, 4) is 5.75 Å². The standard InChI is InChI=1S/C15H26N2O2S/c1-11(16-9-13(18)10-17(2)3)12-6-7-15(20-5)14(8-12)19-4/h6-8,11,13,16,18H,9-10H2,1-5H3. The van der Waals surface area contributed by atoms with E-state index in [-0.39, 0.29) is 12.1 Å². The predicted octanol–water partition coefficient (Wildman–Crippen LogP) is 1.99. The normalized spacial score (nSPS) is 14.3. The van der Waals surface area contributed by atoms with Crippen LogP contribution in [-0.4, -0.2) is 56.7 Å². The highest BCUT2D eigenvalue weighted by molar-refractivity contribution is 7.98. The van der Waals surface area contributed by atoms with Crippen molar-refractivity contribution >= 4 is 11.8 Å². The van der Waals surface area contributed by atoms with Gasteiger partial charge in [0.15, 0.2) is 0 Å². The molecule has 1 aromatic rings. The van der Waals surface area contributed by atoms with Crippen LogP contribution in [0.5, 0.6) is 5.75 Å². The molecule has 0 amide bonds. The number of nitrogens with one attached hydrogen (secondary N) is 1. The number of hydrogen-bond donors (Lipinski definition) is 2. The first kappa shape index (κ1) is 17.3. The maximum absolute atomic E-state index is 9.87. The van der Waals surface area contributed by atoms with Crippen LogP contribution in [0.25, 0.3) is 0 Å². The summed E-state index contributed by atoms with van der Waals surface area (Å²) in [6, 6.07) is 6.41. The summed E-state index contributed by atoms with van der Waals surface area (Å²) < 4.78 is 5.40. The minimum Gasteiger partial charge on any atom is -0.496 e. The van der Waals surface area contributed by atoms with Gasteiger partial charge in [0.2, 0.25) is 0 Å². The molecule has 0 saturated heterocycles.